The largest absolute Gasteiger partial charge is 0.491 e. The Bertz CT molecular complexity index is 466. The van der Waals surface area contributed by atoms with Gasteiger partial charge in [-0.05, 0) is 38.3 Å². The van der Waals surface area contributed by atoms with E-state index in [0.717, 1.165) is 0 Å². The molecule has 118 valence electrons. The van der Waals surface area contributed by atoms with Crippen molar-refractivity contribution in [3.63, 3.8) is 0 Å². The normalized spacial score (nSPS) is 13.4. The topological polar surface area (TPSA) is 70.6 Å². The van der Waals surface area contributed by atoms with Crippen molar-refractivity contribution in [2.75, 3.05) is 18.5 Å². The molecule has 2 amide bonds. The van der Waals surface area contributed by atoms with Gasteiger partial charge >= 0.3 is 6.03 Å². The Morgan fingerprint density at radius 1 is 1.43 bits per heavy atom. The highest BCUT2D eigenvalue weighted by Crippen LogP contribution is 2.21. The first-order valence-electron chi connectivity index (χ1n) is 7.07. The predicted octanol–water partition coefficient (Wildman–Crippen LogP) is 2.75. The van der Waals surface area contributed by atoms with Crippen LogP contribution in [-0.4, -0.2) is 30.4 Å². The van der Waals surface area contributed by atoms with E-state index in [2.05, 4.69) is 10.6 Å². The van der Waals surface area contributed by atoms with Gasteiger partial charge in [-0.3, -0.25) is 0 Å². The molecule has 0 saturated carbocycles. The Balaban J connectivity index is 2.46. The quantitative estimate of drug-likeness (QED) is 0.725. The molecular formula is C15H23FN2O3. The molecule has 0 aliphatic rings. The predicted molar refractivity (Wildman–Crippen MR) is 80.1 cm³/mol. The maximum atomic E-state index is 13.6. The van der Waals surface area contributed by atoms with Gasteiger partial charge in [0, 0.05) is 18.3 Å². The number of rotatable bonds is 7. The number of benzene rings is 1. The van der Waals surface area contributed by atoms with E-state index in [9.17, 15) is 14.3 Å². The van der Waals surface area contributed by atoms with Gasteiger partial charge < -0.3 is 20.5 Å². The molecule has 1 aromatic rings. The second-order valence-corrected chi connectivity index (χ2v) is 5.10. The van der Waals surface area contributed by atoms with E-state index in [-0.39, 0.29) is 11.7 Å². The molecule has 0 aliphatic heterocycles. The van der Waals surface area contributed by atoms with Crippen LogP contribution in [0.1, 0.15) is 27.2 Å². The summed E-state index contributed by atoms with van der Waals surface area (Å²) in [4.78, 5) is 11.7. The molecule has 0 fully saturated rings. The maximum absolute atomic E-state index is 13.6. The van der Waals surface area contributed by atoms with Crippen molar-refractivity contribution in [2.24, 2.45) is 5.92 Å². The number of carbonyl (C=O) groups excluding carboxylic acids is 1. The number of aliphatic hydroxyl groups excluding tert-OH is 1. The van der Waals surface area contributed by atoms with E-state index < -0.39 is 18.0 Å². The lowest BCUT2D eigenvalue weighted by Gasteiger charge is -2.15. The fourth-order valence-corrected chi connectivity index (χ4v) is 1.96. The van der Waals surface area contributed by atoms with E-state index in [1.807, 2.05) is 6.92 Å². The molecule has 0 radical (unpaired) electrons. The van der Waals surface area contributed by atoms with Crippen molar-refractivity contribution in [1.82, 2.24) is 5.32 Å². The summed E-state index contributed by atoms with van der Waals surface area (Å²) in [6.45, 7) is 6.23. The molecule has 3 N–H and O–H groups in total. The number of anilines is 1. The molecule has 1 aromatic carbocycles. The monoisotopic (exact) mass is 298 g/mol. The fourth-order valence-electron chi connectivity index (χ4n) is 1.96. The van der Waals surface area contributed by atoms with Crippen molar-refractivity contribution in [3.05, 3.63) is 24.0 Å². The van der Waals surface area contributed by atoms with Crippen LogP contribution in [0.2, 0.25) is 0 Å². The molecule has 1 rings (SSSR count). The highest BCUT2D eigenvalue weighted by atomic mass is 19.1. The molecule has 5 nitrogen and oxygen atoms in total. The van der Waals surface area contributed by atoms with Crippen molar-refractivity contribution >= 4 is 11.7 Å². The van der Waals surface area contributed by atoms with Crippen LogP contribution in [0, 0.1) is 11.7 Å². The summed E-state index contributed by atoms with van der Waals surface area (Å²) >= 11 is 0. The van der Waals surface area contributed by atoms with Crippen LogP contribution in [0.3, 0.4) is 0 Å². The zero-order valence-corrected chi connectivity index (χ0v) is 12.6. The SMILES string of the molecule is CCOc1ccc(NC(=O)NCC(C)CC(C)O)cc1F. The molecule has 6 heteroatoms. The molecule has 0 heterocycles. The Kier molecular flexibility index (Phi) is 6.94. The minimum Gasteiger partial charge on any atom is -0.491 e. The molecule has 2 atom stereocenters. The van der Waals surface area contributed by atoms with Crippen LogP contribution in [0.15, 0.2) is 18.2 Å². The van der Waals surface area contributed by atoms with Crippen LogP contribution < -0.4 is 15.4 Å². The van der Waals surface area contributed by atoms with Gasteiger partial charge in [-0.1, -0.05) is 6.92 Å². The summed E-state index contributed by atoms with van der Waals surface area (Å²) in [6, 6.07) is 3.86. The lowest BCUT2D eigenvalue weighted by atomic mass is 10.1. The summed E-state index contributed by atoms with van der Waals surface area (Å²) in [5, 5.41) is 14.5. The average molecular weight is 298 g/mol. The van der Waals surface area contributed by atoms with Gasteiger partial charge in [-0.15, -0.1) is 0 Å². The molecule has 21 heavy (non-hydrogen) atoms. The second-order valence-electron chi connectivity index (χ2n) is 5.10. The zero-order valence-electron chi connectivity index (χ0n) is 12.6. The molecule has 2 unspecified atom stereocenters. The standard InChI is InChI=1S/C15H23FN2O3/c1-4-21-14-6-5-12(8-13(14)16)18-15(20)17-9-10(2)7-11(3)19/h5-6,8,10-11,19H,4,7,9H2,1-3H3,(H2,17,18,20). The number of aliphatic hydroxyl groups is 1. The maximum Gasteiger partial charge on any atom is 0.319 e. The Labute approximate surface area is 124 Å². The lowest BCUT2D eigenvalue weighted by molar-refractivity contribution is 0.163. The number of hydrogen-bond acceptors (Lipinski definition) is 3. The molecule has 0 spiro atoms. The van der Waals surface area contributed by atoms with Crippen LogP contribution in [0.4, 0.5) is 14.9 Å². The Morgan fingerprint density at radius 3 is 2.71 bits per heavy atom. The van der Waals surface area contributed by atoms with Crippen LogP contribution in [-0.2, 0) is 0 Å². The first-order valence-corrected chi connectivity index (χ1v) is 7.07. The third-order valence-corrected chi connectivity index (χ3v) is 2.84. The zero-order chi connectivity index (χ0) is 15.8. The summed E-state index contributed by atoms with van der Waals surface area (Å²) in [5.41, 5.74) is 0.358. The minimum absolute atomic E-state index is 0.160. The number of hydrogen-bond donors (Lipinski definition) is 3. The Hall–Kier alpha value is -1.82. The first-order chi connectivity index (χ1) is 9.92. The third kappa shape index (κ3) is 6.44. The number of nitrogens with one attached hydrogen (secondary N) is 2. The summed E-state index contributed by atoms with van der Waals surface area (Å²) in [5.74, 6) is -0.195. The average Bonchev–Trinajstić information content (AvgIpc) is 2.39. The smallest absolute Gasteiger partial charge is 0.319 e. The van der Waals surface area contributed by atoms with Crippen molar-refractivity contribution in [1.29, 1.82) is 0 Å². The van der Waals surface area contributed by atoms with E-state index in [0.29, 0.717) is 25.3 Å². The first kappa shape index (κ1) is 17.2. The van der Waals surface area contributed by atoms with E-state index in [1.54, 1.807) is 19.9 Å². The van der Waals surface area contributed by atoms with Gasteiger partial charge in [0.25, 0.3) is 0 Å². The summed E-state index contributed by atoms with van der Waals surface area (Å²) in [6.07, 6.45) is 0.211. The molecule has 0 bridgehead atoms. The molecule has 0 saturated heterocycles. The molecule has 0 aliphatic carbocycles. The minimum atomic E-state index is -0.517. The van der Waals surface area contributed by atoms with Gasteiger partial charge in [-0.25, -0.2) is 9.18 Å². The van der Waals surface area contributed by atoms with Crippen molar-refractivity contribution in [3.8, 4) is 5.75 Å². The number of amides is 2. The third-order valence-electron chi connectivity index (χ3n) is 2.84. The summed E-state index contributed by atoms with van der Waals surface area (Å²) < 4.78 is 18.7. The van der Waals surface area contributed by atoms with Gasteiger partial charge in [-0.2, -0.15) is 0 Å². The second kappa shape index (κ2) is 8.46. The van der Waals surface area contributed by atoms with Crippen LogP contribution in [0.25, 0.3) is 0 Å². The number of ether oxygens (including phenoxy) is 1. The van der Waals surface area contributed by atoms with Crippen molar-refractivity contribution < 1.29 is 19.0 Å². The van der Waals surface area contributed by atoms with Gasteiger partial charge in [0.15, 0.2) is 11.6 Å². The van der Waals surface area contributed by atoms with Gasteiger partial charge in [0.1, 0.15) is 0 Å². The van der Waals surface area contributed by atoms with E-state index in [4.69, 9.17) is 4.74 Å². The van der Waals surface area contributed by atoms with Crippen molar-refractivity contribution in [2.45, 2.75) is 33.3 Å². The highest BCUT2D eigenvalue weighted by molar-refractivity contribution is 5.89. The highest BCUT2D eigenvalue weighted by Gasteiger charge is 2.10. The lowest BCUT2D eigenvalue weighted by Crippen LogP contribution is -2.33. The van der Waals surface area contributed by atoms with E-state index >= 15 is 0 Å². The molecular weight excluding hydrogens is 275 g/mol. The molecule has 0 aromatic heterocycles. The fraction of sp³-hybridized carbons (Fsp3) is 0.533. The van der Waals surface area contributed by atoms with Gasteiger partial charge in [0.2, 0.25) is 0 Å². The summed E-state index contributed by atoms with van der Waals surface area (Å²) in [7, 11) is 0. The number of carbonyl (C=O) groups is 1. The number of urea groups is 1. The number of halogens is 1. The van der Waals surface area contributed by atoms with E-state index in [1.165, 1.54) is 12.1 Å². The Morgan fingerprint density at radius 2 is 2.14 bits per heavy atom. The van der Waals surface area contributed by atoms with Crippen LogP contribution in [0.5, 0.6) is 5.75 Å². The van der Waals surface area contributed by atoms with Crippen LogP contribution >= 0.6 is 0 Å². The van der Waals surface area contributed by atoms with Gasteiger partial charge in [0.05, 0.1) is 12.7 Å².